The van der Waals surface area contributed by atoms with Crippen molar-refractivity contribution in [3.8, 4) is 0 Å². The van der Waals surface area contributed by atoms with E-state index in [4.69, 9.17) is 0 Å². The van der Waals surface area contributed by atoms with E-state index in [2.05, 4.69) is 11.8 Å². The van der Waals surface area contributed by atoms with Crippen LogP contribution in [0.2, 0.25) is 0 Å². The van der Waals surface area contributed by atoms with Crippen LogP contribution in [0.15, 0.2) is 0 Å². The number of hydrogen-bond acceptors (Lipinski definition) is 5. The molecule has 0 bridgehead atoms. The van der Waals surface area contributed by atoms with Gasteiger partial charge >= 0.3 is 0 Å². The summed E-state index contributed by atoms with van der Waals surface area (Å²) in [5.74, 6) is 2.61. The fraction of sp³-hybridized carbons (Fsp3) is 1.00. The highest BCUT2D eigenvalue weighted by atomic mass is 32.2. The average molecular weight is 336 g/mol. The predicted molar refractivity (Wildman–Crippen MR) is 89.3 cm³/mol. The Morgan fingerprint density at radius 1 is 1.33 bits per heavy atom. The molecule has 1 heterocycles. The van der Waals surface area contributed by atoms with Gasteiger partial charge in [0.1, 0.15) is 5.37 Å². The van der Waals surface area contributed by atoms with Crippen LogP contribution in [0.25, 0.3) is 0 Å². The van der Waals surface area contributed by atoms with E-state index in [0.717, 1.165) is 38.1 Å². The summed E-state index contributed by atoms with van der Waals surface area (Å²) in [4.78, 5) is 2.11. The fourth-order valence-corrected chi connectivity index (χ4v) is 6.68. The SMILES string of the molecule is CCCC1CCC(O)C(CN2CCSCC2S(C)(=O)=O)C1. The summed E-state index contributed by atoms with van der Waals surface area (Å²) in [5.41, 5.74) is 0. The molecule has 1 saturated heterocycles. The zero-order chi connectivity index (χ0) is 15.5. The molecule has 1 saturated carbocycles. The number of aliphatic hydroxyl groups is 1. The molecule has 0 amide bonds. The van der Waals surface area contributed by atoms with Gasteiger partial charge in [-0.25, -0.2) is 8.42 Å². The summed E-state index contributed by atoms with van der Waals surface area (Å²) < 4.78 is 23.9. The van der Waals surface area contributed by atoms with Crippen LogP contribution in [0, 0.1) is 11.8 Å². The van der Waals surface area contributed by atoms with Crippen molar-refractivity contribution in [3.63, 3.8) is 0 Å². The molecule has 0 radical (unpaired) electrons. The minimum Gasteiger partial charge on any atom is -0.393 e. The van der Waals surface area contributed by atoms with E-state index < -0.39 is 9.84 Å². The molecule has 0 aromatic heterocycles. The molecule has 4 atom stereocenters. The van der Waals surface area contributed by atoms with Crippen molar-refractivity contribution in [3.05, 3.63) is 0 Å². The van der Waals surface area contributed by atoms with Crippen LogP contribution in [-0.2, 0) is 9.84 Å². The molecule has 0 aromatic rings. The van der Waals surface area contributed by atoms with Gasteiger partial charge in [-0.2, -0.15) is 11.8 Å². The van der Waals surface area contributed by atoms with E-state index in [9.17, 15) is 13.5 Å². The van der Waals surface area contributed by atoms with Gasteiger partial charge in [0, 0.05) is 30.9 Å². The molecule has 1 aliphatic heterocycles. The first-order chi connectivity index (χ1) is 9.91. The standard InChI is InChI=1S/C15H29NO3S2/c1-3-4-12-5-6-14(17)13(9-12)10-16-7-8-20-11-15(16)21(2,18)19/h12-15,17H,3-11H2,1-2H3. The Kier molecular flexibility index (Phi) is 6.41. The number of rotatable bonds is 5. The average Bonchev–Trinajstić information content (AvgIpc) is 2.42. The van der Waals surface area contributed by atoms with Gasteiger partial charge < -0.3 is 5.11 Å². The van der Waals surface area contributed by atoms with Crippen LogP contribution in [-0.4, -0.2) is 60.8 Å². The van der Waals surface area contributed by atoms with Crippen molar-refractivity contribution < 1.29 is 13.5 Å². The molecule has 4 nitrogen and oxygen atoms in total. The lowest BCUT2D eigenvalue weighted by molar-refractivity contribution is 0.0250. The number of aliphatic hydroxyl groups excluding tert-OH is 1. The smallest absolute Gasteiger partial charge is 0.164 e. The van der Waals surface area contributed by atoms with E-state index in [1.807, 2.05) is 0 Å². The van der Waals surface area contributed by atoms with Crippen molar-refractivity contribution in [1.82, 2.24) is 4.90 Å². The van der Waals surface area contributed by atoms with E-state index in [-0.39, 0.29) is 17.4 Å². The predicted octanol–water partition coefficient (Wildman–Crippen LogP) is 1.98. The van der Waals surface area contributed by atoms with E-state index in [1.165, 1.54) is 19.1 Å². The fourth-order valence-electron chi connectivity index (χ4n) is 3.73. The van der Waals surface area contributed by atoms with E-state index in [1.54, 1.807) is 11.8 Å². The minimum absolute atomic E-state index is 0.239. The largest absolute Gasteiger partial charge is 0.393 e. The third-order valence-electron chi connectivity index (χ3n) is 4.90. The third kappa shape index (κ3) is 4.85. The summed E-state index contributed by atoms with van der Waals surface area (Å²) in [5, 5.41) is 9.93. The molecule has 0 aromatic carbocycles. The molecule has 1 N–H and O–H groups in total. The monoisotopic (exact) mass is 335 g/mol. The zero-order valence-electron chi connectivity index (χ0n) is 13.2. The summed E-state index contributed by atoms with van der Waals surface area (Å²) in [6, 6.07) is 0. The van der Waals surface area contributed by atoms with Crippen LogP contribution in [0.5, 0.6) is 0 Å². The Balaban J connectivity index is 2.00. The molecule has 6 heteroatoms. The summed E-state index contributed by atoms with van der Waals surface area (Å²) >= 11 is 1.72. The Hall–Kier alpha value is 0.220. The molecule has 0 spiro atoms. The Bertz CT molecular complexity index is 427. The first kappa shape index (κ1) is 17.6. The van der Waals surface area contributed by atoms with Gasteiger partial charge in [-0.1, -0.05) is 19.8 Å². The van der Waals surface area contributed by atoms with Gasteiger partial charge in [-0.15, -0.1) is 0 Å². The highest BCUT2D eigenvalue weighted by Gasteiger charge is 2.36. The molecule has 1 aliphatic carbocycles. The molecule has 124 valence electrons. The maximum absolute atomic E-state index is 12.0. The topological polar surface area (TPSA) is 57.6 Å². The van der Waals surface area contributed by atoms with E-state index >= 15 is 0 Å². The van der Waals surface area contributed by atoms with Gasteiger partial charge in [-0.3, -0.25) is 4.90 Å². The second kappa shape index (κ2) is 7.66. The maximum Gasteiger partial charge on any atom is 0.164 e. The van der Waals surface area contributed by atoms with Gasteiger partial charge in [0.2, 0.25) is 0 Å². The summed E-state index contributed by atoms with van der Waals surface area (Å²) in [7, 11) is -3.04. The van der Waals surface area contributed by atoms with Crippen LogP contribution in [0.1, 0.15) is 39.0 Å². The number of thioether (sulfide) groups is 1. The highest BCUT2D eigenvalue weighted by molar-refractivity contribution is 8.00. The number of sulfone groups is 1. The van der Waals surface area contributed by atoms with Crippen LogP contribution in [0.4, 0.5) is 0 Å². The van der Waals surface area contributed by atoms with Crippen LogP contribution in [0.3, 0.4) is 0 Å². The van der Waals surface area contributed by atoms with Gasteiger partial charge in [-0.05, 0) is 31.1 Å². The Morgan fingerprint density at radius 2 is 2.10 bits per heavy atom. The normalized spacial score (nSPS) is 35.8. The first-order valence-corrected chi connectivity index (χ1v) is 11.2. The van der Waals surface area contributed by atoms with Crippen molar-refractivity contribution in [2.24, 2.45) is 11.8 Å². The quantitative estimate of drug-likeness (QED) is 0.832. The summed E-state index contributed by atoms with van der Waals surface area (Å²) in [6.45, 7) is 3.77. The zero-order valence-corrected chi connectivity index (χ0v) is 14.8. The molecule has 2 fully saturated rings. The van der Waals surface area contributed by atoms with Gasteiger partial charge in [0.25, 0.3) is 0 Å². The van der Waals surface area contributed by atoms with Crippen LogP contribution >= 0.6 is 11.8 Å². The minimum atomic E-state index is -3.04. The first-order valence-electron chi connectivity index (χ1n) is 8.10. The highest BCUT2D eigenvalue weighted by Crippen LogP contribution is 2.34. The second-order valence-corrected chi connectivity index (χ2v) is 10.0. The van der Waals surface area contributed by atoms with Crippen molar-refractivity contribution in [1.29, 1.82) is 0 Å². The summed E-state index contributed by atoms with van der Waals surface area (Å²) in [6.07, 6.45) is 6.56. The second-order valence-electron chi connectivity index (χ2n) is 6.65. The van der Waals surface area contributed by atoms with Crippen molar-refractivity contribution in [2.75, 3.05) is 30.9 Å². The lowest BCUT2D eigenvalue weighted by atomic mass is 9.77. The van der Waals surface area contributed by atoms with Crippen molar-refractivity contribution >= 4 is 21.6 Å². The third-order valence-corrected chi connectivity index (χ3v) is 7.59. The maximum atomic E-state index is 12.0. The number of hydrogen-bond donors (Lipinski definition) is 1. The molecular formula is C15H29NO3S2. The molecule has 2 aliphatic rings. The van der Waals surface area contributed by atoms with Gasteiger partial charge in [0.05, 0.1) is 6.10 Å². The van der Waals surface area contributed by atoms with Crippen LogP contribution < -0.4 is 0 Å². The van der Waals surface area contributed by atoms with E-state index in [0.29, 0.717) is 11.7 Å². The Labute approximate surface area is 133 Å². The molecule has 4 unspecified atom stereocenters. The Morgan fingerprint density at radius 3 is 2.76 bits per heavy atom. The lowest BCUT2D eigenvalue weighted by Gasteiger charge is -2.40. The van der Waals surface area contributed by atoms with Gasteiger partial charge in [0.15, 0.2) is 9.84 Å². The molecular weight excluding hydrogens is 306 g/mol. The number of nitrogens with zero attached hydrogens (tertiary/aromatic N) is 1. The molecule has 2 rings (SSSR count). The molecule has 21 heavy (non-hydrogen) atoms. The lowest BCUT2D eigenvalue weighted by Crippen LogP contribution is -2.50. The van der Waals surface area contributed by atoms with Crippen molar-refractivity contribution in [2.45, 2.75) is 50.5 Å².